The van der Waals surface area contributed by atoms with Gasteiger partial charge in [0.2, 0.25) is 0 Å². The summed E-state index contributed by atoms with van der Waals surface area (Å²) in [4.78, 5) is 4.21. The van der Waals surface area contributed by atoms with Gasteiger partial charge in [0.05, 0.1) is 13.1 Å². The molecule has 0 spiro atoms. The van der Waals surface area contributed by atoms with Crippen molar-refractivity contribution in [2.45, 2.75) is 12.5 Å². The Morgan fingerprint density at radius 3 is 2.73 bits per heavy atom. The van der Waals surface area contributed by atoms with Gasteiger partial charge in [-0.05, 0) is 17.7 Å². The van der Waals surface area contributed by atoms with Gasteiger partial charge in [-0.1, -0.05) is 28.1 Å². The number of nitrogens with zero attached hydrogens (tertiary/aromatic N) is 1. The minimum absolute atomic E-state index is 0.157. The van der Waals surface area contributed by atoms with Gasteiger partial charge < -0.3 is 10.5 Å². The number of hydrogen-bond acceptors (Lipinski definition) is 3. The van der Waals surface area contributed by atoms with E-state index in [9.17, 15) is 0 Å². The molecule has 3 nitrogen and oxygen atoms in total. The summed E-state index contributed by atoms with van der Waals surface area (Å²) < 4.78 is 6.65. The van der Waals surface area contributed by atoms with Crippen molar-refractivity contribution < 1.29 is 4.74 Å². The number of halogens is 1. The van der Waals surface area contributed by atoms with Crippen molar-refractivity contribution in [1.82, 2.24) is 0 Å². The summed E-state index contributed by atoms with van der Waals surface area (Å²) in [5.41, 5.74) is 6.71. The van der Waals surface area contributed by atoms with Gasteiger partial charge in [-0.15, -0.1) is 0 Å². The Kier molecular flexibility index (Phi) is 3.38. The zero-order valence-corrected chi connectivity index (χ0v) is 9.90. The van der Waals surface area contributed by atoms with Crippen molar-refractivity contribution in [3.63, 3.8) is 0 Å². The molecule has 1 aromatic carbocycles. The highest BCUT2D eigenvalue weighted by Gasteiger charge is 2.18. The number of nitrogens with two attached hydrogens (primary N) is 1. The highest BCUT2D eigenvalue weighted by Crippen LogP contribution is 2.15. The van der Waals surface area contributed by atoms with E-state index >= 15 is 0 Å². The number of rotatable bonds is 3. The van der Waals surface area contributed by atoms with Gasteiger partial charge in [0.15, 0.2) is 5.90 Å². The quantitative estimate of drug-likeness (QED) is 0.908. The summed E-state index contributed by atoms with van der Waals surface area (Å²) >= 11 is 3.41. The van der Waals surface area contributed by atoms with Crippen molar-refractivity contribution >= 4 is 21.8 Å². The molecule has 80 valence electrons. The van der Waals surface area contributed by atoms with Gasteiger partial charge in [-0.2, -0.15) is 0 Å². The van der Waals surface area contributed by atoms with Crippen LogP contribution in [-0.2, 0) is 11.2 Å². The van der Waals surface area contributed by atoms with E-state index in [2.05, 4.69) is 33.1 Å². The standard InChI is InChI=1S/C11H13BrN2O/c12-9-3-1-8(2-4-9)5-10-7-14-11(6-13)15-10/h1-4,10H,5-7,13H2. The molecule has 1 aromatic rings. The van der Waals surface area contributed by atoms with Crippen molar-refractivity contribution in [3.8, 4) is 0 Å². The fraction of sp³-hybridized carbons (Fsp3) is 0.364. The molecule has 0 bridgehead atoms. The molecular weight excluding hydrogens is 256 g/mol. The molecular formula is C11H13BrN2O. The van der Waals surface area contributed by atoms with Crippen LogP contribution >= 0.6 is 15.9 Å². The fourth-order valence-corrected chi connectivity index (χ4v) is 1.84. The molecule has 1 unspecified atom stereocenters. The second-order valence-electron chi connectivity index (χ2n) is 3.51. The topological polar surface area (TPSA) is 47.6 Å². The normalized spacial score (nSPS) is 19.9. The largest absolute Gasteiger partial charge is 0.474 e. The van der Waals surface area contributed by atoms with Crippen molar-refractivity contribution in [2.75, 3.05) is 13.1 Å². The van der Waals surface area contributed by atoms with E-state index in [0.29, 0.717) is 12.4 Å². The first-order valence-electron chi connectivity index (χ1n) is 4.92. The Morgan fingerprint density at radius 1 is 1.40 bits per heavy atom. The maximum absolute atomic E-state index is 5.56. The molecule has 15 heavy (non-hydrogen) atoms. The monoisotopic (exact) mass is 268 g/mol. The highest BCUT2D eigenvalue weighted by atomic mass is 79.9. The van der Waals surface area contributed by atoms with Crippen LogP contribution in [0, 0.1) is 0 Å². The van der Waals surface area contributed by atoms with Crippen molar-refractivity contribution in [3.05, 3.63) is 34.3 Å². The Balaban J connectivity index is 1.91. The second kappa shape index (κ2) is 4.77. The van der Waals surface area contributed by atoms with E-state index < -0.39 is 0 Å². The van der Waals surface area contributed by atoms with E-state index in [0.717, 1.165) is 17.4 Å². The summed E-state index contributed by atoms with van der Waals surface area (Å²) in [6.45, 7) is 1.12. The second-order valence-corrected chi connectivity index (χ2v) is 4.42. The molecule has 0 radical (unpaired) electrons. The van der Waals surface area contributed by atoms with E-state index in [1.54, 1.807) is 0 Å². The van der Waals surface area contributed by atoms with Crippen LogP contribution in [0.3, 0.4) is 0 Å². The third-order valence-corrected chi connectivity index (χ3v) is 2.85. The first-order valence-corrected chi connectivity index (χ1v) is 5.71. The molecule has 2 N–H and O–H groups in total. The van der Waals surface area contributed by atoms with Gasteiger partial charge >= 0.3 is 0 Å². The van der Waals surface area contributed by atoms with E-state index in [-0.39, 0.29) is 6.10 Å². The third-order valence-electron chi connectivity index (χ3n) is 2.33. The minimum Gasteiger partial charge on any atom is -0.474 e. The zero-order valence-electron chi connectivity index (χ0n) is 8.32. The molecule has 0 saturated heterocycles. The van der Waals surface area contributed by atoms with E-state index in [1.165, 1.54) is 5.56 Å². The number of aliphatic imine (C=N–C) groups is 1. The van der Waals surface area contributed by atoms with Crippen LogP contribution in [0.2, 0.25) is 0 Å². The lowest BCUT2D eigenvalue weighted by molar-refractivity contribution is 0.221. The first-order chi connectivity index (χ1) is 7.28. The molecule has 0 amide bonds. The predicted octanol–water partition coefficient (Wildman–Crippen LogP) is 1.75. The summed E-state index contributed by atoms with van der Waals surface area (Å²) in [7, 11) is 0. The van der Waals surface area contributed by atoms with Crippen LogP contribution in [0.5, 0.6) is 0 Å². The molecule has 1 aliphatic rings. The summed E-state index contributed by atoms with van der Waals surface area (Å²) in [6.07, 6.45) is 1.05. The average Bonchev–Trinajstić information content (AvgIpc) is 2.69. The van der Waals surface area contributed by atoms with Gasteiger partial charge in [-0.3, -0.25) is 4.99 Å². The SMILES string of the molecule is NCC1=NCC(Cc2ccc(Br)cc2)O1. The Bertz CT molecular complexity index is 361. The lowest BCUT2D eigenvalue weighted by atomic mass is 10.1. The Hall–Kier alpha value is -0.870. The number of benzene rings is 1. The molecule has 1 heterocycles. The van der Waals surface area contributed by atoms with Crippen LogP contribution in [-0.4, -0.2) is 25.1 Å². The van der Waals surface area contributed by atoms with Gasteiger partial charge in [0.25, 0.3) is 0 Å². The summed E-state index contributed by atoms with van der Waals surface area (Å²) in [5.74, 6) is 0.678. The van der Waals surface area contributed by atoms with E-state index in [4.69, 9.17) is 10.5 Å². The van der Waals surface area contributed by atoms with Crippen molar-refractivity contribution in [2.24, 2.45) is 10.7 Å². The number of hydrogen-bond donors (Lipinski definition) is 1. The molecule has 4 heteroatoms. The Labute approximate surface area is 97.5 Å². The van der Waals surface area contributed by atoms with Gasteiger partial charge in [0.1, 0.15) is 6.10 Å². The zero-order chi connectivity index (χ0) is 10.7. The van der Waals surface area contributed by atoms with Crippen LogP contribution in [0.15, 0.2) is 33.7 Å². The van der Waals surface area contributed by atoms with Crippen LogP contribution in [0.1, 0.15) is 5.56 Å². The van der Waals surface area contributed by atoms with Gasteiger partial charge in [0, 0.05) is 10.9 Å². The molecule has 0 aromatic heterocycles. The molecule has 0 aliphatic carbocycles. The van der Waals surface area contributed by atoms with Crippen molar-refractivity contribution in [1.29, 1.82) is 0 Å². The maximum atomic E-state index is 5.56. The molecule has 1 atom stereocenters. The van der Waals surface area contributed by atoms with Crippen LogP contribution < -0.4 is 5.73 Å². The van der Waals surface area contributed by atoms with Gasteiger partial charge in [-0.25, -0.2) is 0 Å². The lowest BCUT2D eigenvalue weighted by Crippen LogP contribution is -2.20. The lowest BCUT2D eigenvalue weighted by Gasteiger charge is -2.10. The summed E-state index contributed by atoms with van der Waals surface area (Å²) in [6, 6.07) is 8.26. The molecule has 1 aliphatic heterocycles. The smallest absolute Gasteiger partial charge is 0.197 e. The fourth-order valence-electron chi connectivity index (χ4n) is 1.57. The summed E-state index contributed by atoms with van der Waals surface area (Å²) in [5, 5.41) is 0. The minimum atomic E-state index is 0.157. The number of ether oxygens (including phenoxy) is 1. The third kappa shape index (κ3) is 2.79. The molecule has 2 rings (SSSR count). The Morgan fingerprint density at radius 2 is 2.13 bits per heavy atom. The van der Waals surface area contributed by atoms with Crippen LogP contribution in [0.25, 0.3) is 0 Å². The molecule has 0 saturated carbocycles. The first kappa shape index (κ1) is 10.6. The van der Waals surface area contributed by atoms with E-state index in [1.807, 2.05) is 12.1 Å². The average molecular weight is 269 g/mol. The highest BCUT2D eigenvalue weighted by molar-refractivity contribution is 9.10. The molecule has 0 fully saturated rings. The maximum Gasteiger partial charge on any atom is 0.197 e. The van der Waals surface area contributed by atoms with Crippen LogP contribution in [0.4, 0.5) is 0 Å². The predicted molar refractivity (Wildman–Crippen MR) is 64.1 cm³/mol.